The lowest BCUT2D eigenvalue weighted by Crippen LogP contribution is -2.32. The lowest BCUT2D eigenvalue weighted by atomic mass is 10.0. The van der Waals surface area contributed by atoms with Gasteiger partial charge in [-0.15, -0.1) is 0 Å². The molecule has 8 nitrogen and oxygen atoms in total. The zero-order valence-electron chi connectivity index (χ0n) is 21.7. The highest BCUT2D eigenvalue weighted by Crippen LogP contribution is 2.38. The first kappa shape index (κ1) is 27.3. The molecule has 0 bridgehead atoms. The van der Waals surface area contributed by atoms with Gasteiger partial charge in [0, 0.05) is 5.56 Å². The number of amides is 2. The topological polar surface area (TPSA) is 99.2 Å². The number of imide groups is 1. The monoisotopic (exact) mass is 575 g/mol. The van der Waals surface area contributed by atoms with Crippen LogP contribution in [0.4, 0.5) is 4.79 Å². The van der Waals surface area contributed by atoms with Crippen molar-refractivity contribution in [2.24, 2.45) is 0 Å². The lowest BCUT2D eigenvalue weighted by molar-refractivity contribution is -0.123. The van der Waals surface area contributed by atoms with E-state index >= 15 is 0 Å². The summed E-state index contributed by atoms with van der Waals surface area (Å²) in [5.74, 6) is 0.588. The van der Waals surface area contributed by atoms with Gasteiger partial charge >= 0.3 is 10.1 Å². The van der Waals surface area contributed by atoms with Crippen LogP contribution in [0.3, 0.4) is 0 Å². The molecule has 4 aromatic rings. The number of fused-ring (bicyclic) bond motifs is 1. The standard InChI is InChI=1S/C30H25NO7S2/c1-20-11-14-22(15-12-20)40(34,35)38-25-16-13-21-7-3-4-8-23(21)24(25)19-28-29(32)31(30(33)39-28)17-18-37-27-10-6-5-9-26(27)36-2/h3-16,19H,17-18H2,1-2H3/b28-19-. The number of rotatable bonds is 9. The molecule has 204 valence electrons. The largest absolute Gasteiger partial charge is 0.493 e. The van der Waals surface area contributed by atoms with E-state index in [4.69, 9.17) is 13.7 Å². The molecule has 5 rings (SSSR count). The molecule has 1 saturated heterocycles. The van der Waals surface area contributed by atoms with Crippen LogP contribution >= 0.6 is 11.8 Å². The smallest absolute Gasteiger partial charge is 0.339 e. The summed E-state index contributed by atoms with van der Waals surface area (Å²) >= 11 is 0.777. The summed E-state index contributed by atoms with van der Waals surface area (Å²) in [5, 5.41) is 1.04. The molecule has 0 saturated carbocycles. The summed E-state index contributed by atoms with van der Waals surface area (Å²) in [5.41, 5.74) is 1.29. The van der Waals surface area contributed by atoms with Gasteiger partial charge < -0.3 is 13.7 Å². The van der Waals surface area contributed by atoms with Crippen LogP contribution in [0.2, 0.25) is 0 Å². The maximum absolute atomic E-state index is 13.2. The summed E-state index contributed by atoms with van der Waals surface area (Å²) in [4.78, 5) is 27.3. The van der Waals surface area contributed by atoms with E-state index in [0.717, 1.165) is 27.6 Å². The summed E-state index contributed by atoms with van der Waals surface area (Å²) in [6.45, 7) is 1.96. The molecular formula is C30H25NO7S2. The summed E-state index contributed by atoms with van der Waals surface area (Å²) < 4.78 is 42.8. The van der Waals surface area contributed by atoms with Crippen LogP contribution in [0.1, 0.15) is 11.1 Å². The Morgan fingerprint density at radius 2 is 1.55 bits per heavy atom. The first-order valence-electron chi connectivity index (χ1n) is 12.3. The van der Waals surface area contributed by atoms with Crippen LogP contribution in [0.5, 0.6) is 17.2 Å². The molecule has 40 heavy (non-hydrogen) atoms. The minimum atomic E-state index is -4.16. The van der Waals surface area contributed by atoms with Gasteiger partial charge in [0.25, 0.3) is 11.1 Å². The quantitative estimate of drug-likeness (QED) is 0.176. The van der Waals surface area contributed by atoms with Crippen molar-refractivity contribution < 1.29 is 31.7 Å². The molecule has 1 fully saturated rings. The molecule has 0 radical (unpaired) electrons. The number of hydrogen-bond donors (Lipinski definition) is 0. The first-order chi connectivity index (χ1) is 19.3. The number of carbonyl (C=O) groups excluding carboxylic acids is 2. The molecule has 0 aromatic heterocycles. The van der Waals surface area contributed by atoms with Gasteiger partial charge in [0.2, 0.25) is 0 Å². The fraction of sp³-hybridized carbons (Fsp3) is 0.133. The van der Waals surface area contributed by atoms with Crippen LogP contribution in [0, 0.1) is 6.92 Å². The molecule has 0 atom stereocenters. The highest BCUT2D eigenvalue weighted by atomic mass is 32.2. The molecule has 1 heterocycles. The molecule has 0 spiro atoms. The van der Waals surface area contributed by atoms with Crippen LogP contribution < -0.4 is 13.7 Å². The maximum atomic E-state index is 13.2. The lowest BCUT2D eigenvalue weighted by Gasteiger charge is -2.15. The van der Waals surface area contributed by atoms with Gasteiger partial charge in [-0.3, -0.25) is 14.5 Å². The third kappa shape index (κ3) is 5.68. The number of thioether (sulfide) groups is 1. The second-order valence-corrected chi connectivity index (χ2v) is 11.4. The van der Waals surface area contributed by atoms with Gasteiger partial charge in [0.05, 0.1) is 18.6 Å². The van der Waals surface area contributed by atoms with Crippen LogP contribution in [-0.2, 0) is 14.9 Å². The van der Waals surface area contributed by atoms with E-state index in [9.17, 15) is 18.0 Å². The van der Waals surface area contributed by atoms with Gasteiger partial charge in [0.15, 0.2) is 17.2 Å². The third-order valence-electron chi connectivity index (χ3n) is 6.23. The molecule has 0 N–H and O–H groups in total. The molecule has 0 unspecified atom stereocenters. The number of nitrogens with zero attached hydrogens (tertiary/aromatic N) is 1. The van der Waals surface area contributed by atoms with Crippen LogP contribution in [0.15, 0.2) is 94.7 Å². The Morgan fingerprint density at radius 3 is 2.30 bits per heavy atom. The van der Waals surface area contributed by atoms with Gasteiger partial charge in [-0.25, -0.2) is 0 Å². The van der Waals surface area contributed by atoms with E-state index in [1.54, 1.807) is 54.6 Å². The van der Waals surface area contributed by atoms with Gasteiger partial charge in [-0.1, -0.05) is 60.2 Å². The zero-order valence-corrected chi connectivity index (χ0v) is 23.3. The predicted molar refractivity (Wildman–Crippen MR) is 154 cm³/mol. The molecule has 0 aliphatic carbocycles. The highest BCUT2D eigenvalue weighted by molar-refractivity contribution is 8.18. The number of ether oxygens (including phenoxy) is 2. The molecule has 10 heteroatoms. The van der Waals surface area contributed by atoms with E-state index < -0.39 is 21.3 Å². The normalized spacial score (nSPS) is 14.7. The second kappa shape index (κ2) is 11.4. The number of hydrogen-bond acceptors (Lipinski definition) is 8. The summed E-state index contributed by atoms with van der Waals surface area (Å²) in [6, 6.07) is 24.0. The second-order valence-electron chi connectivity index (χ2n) is 8.88. The maximum Gasteiger partial charge on any atom is 0.339 e. The average Bonchev–Trinajstić information content (AvgIpc) is 3.22. The molecule has 2 amide bonds. The molecule has 1 aliphatic rings. The van der Waals surface area contributed by atoms with Gasteiger partial charge in [-0.2, -0.15) is 8.42 Å². The Morgan fingerprint density at radius 1 is 0.850 bits per heavy atom. The number of para-hydroxylation sites is 2. The fourth-order valence-corrected chi connectivity index (χ4v) is 5.97. The Balaban J connectivity index is 1.43. The van der Waals surface area contributed by atoms with Crippen molar-refractivity contribution in [2.45, 2.75) is 11.8 Å². The van der Waals surface area contributed by atoms with Gasteiger partial charge in [-0.05, 0) is 65.9 Å². The van der Waals surface area contributed by atoms with Crippen molar-refractivity contribution in [3.63, 3.8) is 0 Å². The van der Waals surface area contributed by atoms with Crippen molar-refractivity contribution in [3.05, 3.63) is 101 Å². The van der Waals surface area contributed by atoms with E-state index in [-0.39, 0.29) is 28.7 Å². The Kier molecular flexibility index (Phi) is 7.81. The zero-order chi connectivity index (χ0) is 28.3. The summed E-state index contributed by atoms with van der Waals surface area (Å²) in [7, 11) is -2.63. The minimum Gasteiger partial charge on any atom is -0.493 e. The van der Waals surface area contributed by atoms with E-state index in [1.165, 1.54) is 25.3 Å². The predicted octanol–water partition coefficient (Wildman–Crippen LogP) is 6.04. The molecular weight excluding hydrogens is 550 g/mol. The first-order valence-corrected chi connectivity index (χ1v) is 14.5. The van der Waals surface area contributed by atoms with Gasteiger partial charge in [0.1, 0.15) is 11.5 Å². The highest BCUT2D eigenvalue weighted by Gasteiger charge is 2.35. The number of carbonyl (C=O) groups is 2. The third-order valence-corrected chi connectivity index (χ3v) is 8.39. The summed E-state index contributed by atoms with van der Waals surface area (Å²) in [6.07, 6.45) is 1.51. The Hall–Kier alpha value is -4.28. The SMILES string of the molecule is COc1ccccc1OCCN1C(=O)S/C(=C\c2c(OS(=O)(=O)c3ccc(C)cc3)ccc3ccccc23)C1=O. The fourth-order valence-electron chi connectivity index (χ4n) is 4.18. The van der Waals surface area contributed by atoms with Crippen molar-refractivity contribution in [1.82, 2.24) is 4.90 Å². The molecule has 4 aromatic carbocycles. The van der Waals surface area contributed by atoms with Crippen molar-refractivity contribution in [3.8, 4) is 17.2 Å². The van der Waals surface area contributed by atoms with E-state index in [2.05, 4.69) is 0 Å². The van der Waals surface area contributed by atoms with E-state index in [1.807, 2.05) is 25.1 Å². The minimum absolute atomic E-state index is 0.00702. The average molecular weight is 576 g/mol. The van der Waals surface area contributed by atoms with Crippen LogP contribution in [0.25, 0.3) is 16.8 Å². The Labute approximate surface area is 236 Å². The van der Waals surface area contributed by atoms with E-state index in [0.29, 0.717) is 22.4 Å². The number of methoxy groups -OCH3 is 1. The number of aryl methyl sites for hydroxylation is 1. The Bertz CT molecular complexity index is 1730. The van der Waals surface area contributed by atoms with Crippen molar-refractivity contribution in [2.75, 3.05) is 20.3 Å². The number of benzene rings is 4. The molecule has 1 aliphatic heterocycles. The van der Waals surface area contributed by atoms with Crippen molar-refractivity contribution >= 4 is 49.9 Å². The van der Waals surface area contributed by atoms with Crippen molar-refractivity contribution in [1.29, 1.82) is 0 Å². The van der Waals surface area contributed by atoms with Crippen LogP contribution in [-0.4, -0.2) is 44.7 Å².